The second kappa shape index (κ2) is 5.44. The van der Waals surface area contributed by atoms with E-state index in [0.29, 0.717) is 22.8 Å². The maximum atomic E-state index is 11.9. The molecule has 1 aliphatic heterocycles. The summed E-state index contributed by atoms with van der Waals surface area (Å²) in [7, 11) is 2.54. The van der Waals surface area contributed by atoms with E-state index in [9.17, 15) is 9.59 Å². The van der Waals surface area contributed by atoms with Crippen LogP contribution in [0.4, 0.5) is 0 Å². The fourth-order valence-corrected chi connectivity index (χ4v) is 2.23. The summed E-state index contributed by atoms with van der Waals surface area (Å²) in [6.07, 6.45) is 0. The Kier molecular flexibility index (Phi) is 3.46. The number of methoxy groups -OCH3 is 2. The molecule has 22 heavy (non-hydrogen) atoms. The number of hydrogen-bond acceptors (Lipinski definition) is 6. The zero-order valence-electron chi connectivity index (χ0n) is 12.0. The topological polar surface area (TPSA) is 86.9 Å². The third-order valence-electron chi connectivity index (χ3n) is 3.29. The van der Waals surface area contributed by atoms with Gasteiger partial charge < -0.3 is 23.9 Å². The molecule has 0 saturated heterocycles. The van der Waals surface area contributed by atoms with Crippen LogP contribution in [-0.4, -0.2) is 37.9 Å². The van der Waals surface area contributed by atoms with Crippen molar-refractivity contribution < 1.29 is 28.5 Å². The summed E-state index contributed by atoms with van der Waals surface area (Å²) in [5.74, 6) is 0.0712. The molecular weight excluding hydrogens is 290 g/mol. The number of esters is 2. The predicted octanol–water partition coefficient (Wildman–Crippen LogP) is 1.98. The molecule has 0 aliphatic carbocycles. The van der Waals surface area contributed by atoms with Crippen molar-refractivity contribution in [3.63, 3.8) is 0 Å². The van der Waals surface area contributed by atoms with Crippen LogP contribution in [-0.2, 0) is 9.47 Å². The Bertz CT molecular complexity index is 748. The number of ether oxygens (including phenoxy) is 4. The lowest BCUT2D eigenvalue weighted by atomic mass is 10.1. The number of rotatable bonds is 3. The van der Waals surface area contributed by atoms with E-state index < -0.39 is 11.9 Å². The highest BCUT2D eigenvalue weighted by molar-refractivity contribution is 6.00. The summed E-state index contributed by atoms with van der Waals surface area (Å²) in [6, 6.07) is 6.61. The molecule has 0 fully saturated rings. The molecule has 1 aliphatic rings. The molecule has 114 valence electrons. The van der Waals surface area contributed by atoms with Crippen LogP contribution in [0.25, 0.3) is 11.3 Å². The SMILES string of the molecule is COC(=O)c1cc(C(=O)OC)c(-c2ccc3c(c2)OCO3)[nH]1. The Labute approximate surface area is 125 Å². The Hall–Kier alpha value is -2.96. The van der Waals surface area contributed by atoms with E-state index in [4.69, 9.17) is 14.2 Å². The second-order valence-corrected chi connectivity index (χ2v) is 4.52. The summed E-state index contributed by atoms with van der Waals surface area (Å²) in [5, 5.41) is 0. The number of benzene rings is 1. The minimum Gasteiger partial charge on any atom is -0.465 e. The third-order valence-corrected chi connectivity index (χ3v) is 3.29. The smallest absolute Gasteiger partial charge is 0.354 e. The molecule has 3 rings (SSSR count). The first-order valence-electron chi connectivity index (χ1n) is 6.43. The molecule has 1 aromatic carbocycles. The maximum Gasteiger partial charge on any atom is 0.354 e. The molecule has 2 aromatic rings. The van der Waals surface area contributed by atoms with Gasteiger partial charge >= 0.3 is 11.9 Å². The van der Waals surface area contributed by atoms with Crippen LogP contribution in [0.2, 0.25) is 0 Å². The highest BCUT2D eigenvalue weighted by Crippen LogP contribution is 2.36. The second-order valence-electron chi connectivity index (χ2n) is 4.52. The maximum absolute atomic E-state index is 11.9. The minimum atomic E-state index is -0.572. The lowest BCUT2D eigenvalue weighted by Gasteiger charge is -2.04. The van der Waals surface area contributed by atoms with Gasteiger partial charge in [-0.3, -0.25) is 0 Å². The molecule has 0 bridgehead atoms. The van der Waals surface area contributed by atoms with Crippen LogP contribution in [0.3, 0.4) is 0 Å². The van der Waals surface area contributed by atoms with Gasteiger partial charge in [0.25, 0.3) is 0 Å². The summed E-state index contributed by atoms with van der Waals surface area (Å²) in [6.45, 7) is 0.154. The fourth-order valence-electron chi connectivity index (χ4n) is 2.23. The van der Waals surface area contributed by atoms with Gasteiger partial charge in [0.05, 0.1) is 25.5 Å². The summed E-state index contributed by atoms with van der Waals surface area (Å²) >= 11 is 0. The number of nitrogens with one attached hydrogen (secondary N) is 1. The van der Waals surface area contributed by atoms with Crippen LogP contribution in [0, 0.1) is 0 Å². The summed E-state index contributed by atoms with van der Waals surface area (Å²) < 4.78 is 20.0. The van der Waals surface area contributed by atoms with Crippen molar-refractivity contribution in [1.82, 2.24) is 4.98 Å². The number of carbonyl (C=O) groups is 2. The fraction of sp³-hybridized carbons (Fsp3) is 0.200. The zero-order valence-corrected chi connectivity index (χ0v) is 12.0. The molecule has 0 amide bonds. The van der Waals surface area contributed by atoms with E-state index in [0.717, 1.165) is 0 Å². The van der Waals surface area contributed by atoms with Crippen molar-refractivity contribution in [3.8, 4) is 22.8 Å². The quantitative estimate of drug-likeness (QED) is 0.872. The Morgan fingerprint density at radius 1 is 1.05 bits per heavy atom. The summed E-state index contributed by atoms with van der Waals surface area (Å²) in [4.78, 5) is 26.5. The molecule has 7 nitrogen and oxygen atoms in total. The van der Waals surface area contributed by atoms with Gasteiger partial charge in [0, 0.05) is 5.56 Å². The Morgan fingerprint density at radius 2 is 1.77 bits per heavy atom. The lowest BCUT2D eigenvalue weighted by Crippen LogP contribution is -2.02. The standard InChI is InChI=1S/C15H13NO6/c1-19-14(17)9-6-10(15(18)20-2)16-13(9)8-3-4-11-12(5-8)22-7-21-11/h3-6,16H,7H2,1-2H3. The van der Waals surface area contributed by atoms with Gasteiger partial charge in [0.2, 0.25) is 6.79 Å². The molecule has 0 spiro atoms. The first-order valence-corrected chi connectivity index (χ1v) is 6.43. The van der Waals surface area contributed by atoms with Gasteiger partial charge in [-0.05, 0) is 24.3 Å². The van der Waals surface area contributed by atoms with Gasteiger partial charge in [0.15, 0.2) is 11.5 Å². The Balaban J connectivity index is 2.10. The number of H-pyrrole nitrogens is 1. The molecule has 1 N–H and O–H groups in total. The highest BCUT2D eigenvalue weighted by atomic mass is 16.7. The molecule has 0 unspecified atom stereocenters. The van der Waals surface area contributed by atoms with E-state index in [-0.39, 0.29) is 18.1 Å². The van der Waals surface area contributed by atoms with Gasteiger partial charge in [-0.15, -0.1) is 0 Å². The molecule has 7 heteroatoms. The van der Waals surface area contributed by atoms with Crippen molar-refractivity contribution in [3.05, 3.63) is 35.5 Å². The molecule has 0 radical (unpaired) electrons. The monoisotopic (exact) mass is 303 g/mol. The first-order chi connectivity index (χ1) is 10.6. The van der Waals surface area contributed by atoms with E-state index in [1.807, 2.05) is 0 Å². The lowest BCUT2D eigenvalue weighted by molar-refractivity contribution is 0.0594. The van der Waals surface area contributed by atoms with Crippen LogP contribution in [0.5, 0.6) is 11.5 Å². The highest BCUT2D eigenvalue weighted by Gasteiger charge is 2.22. The minimum absolute atomic E-state index is 0.154. The zero-order chi connectivity index (χ0) is 15.7. The van der Waals surface area contributed by atoms with Crippen LogP contribution >= 0.6 is 0 Å². The number of carbonyl (C=O) groups excluding carboxylic acids is 2. The molecule has 0 saturated carbocycles. The van der Waals surface area contributed by atoms with E-state index in [2.05, 4.69) is 9.72 Å². The van der Waals surface area contributed by atoms with Crippen LogP contribution in [0.15, 0.2) is 24.3 Å². The number of fused-ring (bicyclic) bond motifs is 1. The van der Waals surface area contributed by atoms with Gasteiger partial charge in [-0.2, -0.15) is 0 Å². The first kappa shape index (κ1) is 14.0. The average Bonchev–Trinajstić information content (AvgIpc) is 3.19. The molecule has 2 heterocycles. The van der Waals surface area contributed by atoms with Gasteiger partial charge in [-0.25, -0.2) is 9.59 Å². The molecular formula is C15H13NO6. The van der Waals surface area contributed by atoms with E-state index >= 15 is 0 Å². The largest absolute Gasteiger partial charge is 0.465 e. The van der Waals surface area contributed by atoms with Crippen molar-refractivity contribution in [2.45, 2.75) is 0 Å². The third kappa shape index (κ3) is 2.26. The molecule has 0 atom stereocenters. The molecule has 1 aromatic heterocycles. The summed E-state index contributed by atoms with van der Waals surface area (Å²) in [5.41, 5.74) is 1.52. The number of hydrogen-bond donors (Lipinski definition) is 1. The van der Waals surface area contributed by atoms with E-state index in [1.54, 1.807) is 18.2 Å². The average molecular weight is 303 g/mol. The number of aromatic amines is 1. The van der Waals surface area contributed by atoms with E-state index in [1.165, 1.54) is 20.3 Å². The number of aromatic nitrogens is 1. The Morgan fingerprint density at radius 3 is 2.50 bits per heavy atom. The van der Waals surface area contributed by atoms with Crippen molar-refractivity contribution in [2.24, 2.45) is 0 Å². The van der Waals surface area contributed by atoms with Crippen LogP contribution < -0.4 is 9.47 Å². The van der Waals surface area contributed by atoms with Gasteiger partial charge in [-0.1, -0.05) is 0 Å². The normalized spacial score (nSPS) is 12.1. The predicted molar refractivity (Wildman–Crippen MR) is 75.0 cm³/mol. The van der Waals surface area contributed by atoms with Crippen molar-refractivity contribution in [2.75, 3.05) is 21.0 Å². The van der Waals surface area contributed by atoms with Crippen molar-refractivity contribution >= 4 is 11.9 Å². The van der Waals surface area contributed by atoms with Crippen LogP contribution in [0.1, 0.15) is 20.8 Å². The van der Waals surface area contributed by atoms with Crippen molar-refractivity contribution in [1.29, 1.82) is 0 Å². The van der Waals surface area contributed by atoms with Gasteiger partial charge in [0.1, 0.15) is 5.69 Å².